The van der Waals surface area contributed by atoms with Gasteiger partial charge in [0.25, 0.3) is 0 Å². The van der Waals surface area contributed by atoms with Crippen molar-refractivity contribution in [2.75, 3.05) is 45.2 Å². The molecular weight excluding hydrogens is 450 g/mol. The Morgan fingerprint density at radius 3 is 2.75 bits per heavy atom. The number of benzene rings is 2. The van der Waals surface area contributed by atoms with Crippen LogP contribution in [0.5, 0.6) is 0 Å². The van der Waals surface area contributed by atoms with Crippen molar-refractivity contribution in [3.05, 3.63) is 58.6 Å². The number of aryl methyl sites for hydroxylation is 1. The molecule has 1 amide bonds. The van der Waals surface area contributed by atoms with Crippen molar-refractivity contribution >= 4 is 33.2 Å². The highest BCUT2D eigenvalue weighted by Crippen LogP contribution is 2.33. The van der Waals surface area contributed by atoms with Crippen LogP contribution in [-0.2, 0) is 26.0 Å². The molecule has 1 heterocycles. The van der Waals surface area contributed by atoms with Gasteiger partial charge in [0, 0.05) is 19.1 Å². The standard InChI is InChI=1S/C23H28ClN3O4S/c1-26(22-8-4-6-17-5-2-3-7-19(17)22)16-23(28)25-21-15-18(9-10-20(21)24)32(29,30)27-11-13-31-14-12-27/h2-3,5,7,9-10,15,22H,4,6,8,11-14,16H2,1H3,(H,25,28)/t22-/m0/s1. The number of hydrogen-bond donors (Lipinski definition) is 1. The molecule has 1 fully saturated rings. The number of carbonyl (C=O) groups is 1. The van der Waals surface area contributed by atoms with Crippen LogP contribution in [0.25, 0.3) is 0 Å². The minimum Gasteiger partial charge on any atom is -0.379 e. The highest BCUT2D eigenvalue weighted by atomic mass is 35.5. The molecule has 172 valence electrons. The van der Waals surface area contributed by atoms with E-state index in [1.807, 2.05) is 24.1 Å². The van der Waals surface area contributed by atoms with Gasteiger partial charge in [-0.1, -0.05) is 35.9 Å². The number of fused-ring (bicyclic) bond motifs is 1. The Hall–Kier alpha value is -1.97. The van der Waals surface area contributed by atoms with Crippen molar-refractivity contribution in [3.8, 4) is 0 Å². The summed E-state index contributed by atoms with van der Waals surface area (Å²) >= 11 is 6.27. The maximum absolute atomic E-state index is 12.9. The Labute approximate surface area is 194 Å². The highest BCUT2D eigenvalue weighted by Gasteiger charge is 2.28. The van der Waals surface area contributed by atoms with Gasteiger partial charge in [-0.25, -0.2) is 8.42 Å². The number of nitrogens with zero attached hydrogens (tertiary/aromatic N) is 2. The lowest BCUT2D eigenvalue weighted by Gasteiger charge is -2.33. The Morgan fingerprint density at radius 1 is 1.22 bits per heavy atom. The number of hydrogen-bond acceptors (Lipinski definition) is 5. The van der Waals surface area contributed by atoms with Gasteiger partial charge in [-0.2, -0.15) is 4.31 Å². The molecule has 1 saturated heterocycles. The Bertz CT molecular complexity index is 1090. The fraction of sp³-hybridized carbons (Fsp3) is 0.435. The lowest BCUT2D eigenvalue weighted by atomic mass is 9.87. The molecule has 1 aliphatic heterocycles. The van der Waals surface area contributed by atoms with E-state index in [-0.39, 0.29) is 23.4 Å². The maximum Gasteiger partial charge on any atom is 0.243 e. The first kappa shape index (κ1) is 23.2. The summed E-state index contributed by atoms with van der Waals surface area (Å²) in [5, 5.41) is 3.10. The van der Waals surface area contributed by atoms with Gasteiger partial charge in [0.05, 0.1) is 35.4 Å². The molecule has 9 heteroatoms. The summed E-state index contributed by atoms with van der Waals surface area (Å²) in [5.74, 6) is -0.238. The van der Waals surface area contributed by atoms with Crippen LogP contribution >= 0.6 is 11.6 Å². The number of ether oxygens (including phenoxy) is 1. The molecule has 1 aliphatic carbocycles. The largest absolute Gasteiger partial charge is 0.379 e. The van der Waals surface area contributed by atoms with Gasteiger partial charge in [0.2, 0.25) is 15.9 Å². The van der Waals surface area contributed by atoms with Gasteiger partial charge in [0.15, 0.2) is 0 Å². The molecule has 1 atom stereocenters. The van der Waals surface area contributed by atoms with E-state index < -0.39 is 10.0 Å². The zero-order valence-electron chi connectivity index (χ0n) is 18.1. The quantitative estimate of drug-likeness (QED) is 0.690. The number of nitrogens with one attached hydrogen (secondary N) is 1. The van der Waals surface area contributed by atoms with Gasteiger partial charge in [-0.15, -0.1) is 0 Å². The summed E-state index contributed by atoms with van der Waals surface area (Å²) in [5.41, 5.74) is 2.90. The van der Waals surface area contributed by atoms with Crippen LogP contribution in [0, 0.1) is 0 Å². The smallest absolute Gasteiger partial charge is 0.243 e. The normalized spacial score (nSPS) is 19.5. The number of rotatable bonds is 6. The molecule has 32 heavy (non-hydrogen) atoms. The van der Waals surface area contributed by atoms with Gasteiger partial charge >= 0.3 is 0 Å². The third kappa shape index (κ3) is 5.00. The van der Waals surface area contributed by atoms with Crippen molar-refractivity contribution < 1.29 is 17.9 Å². The van der Waals surface area contributed by atoms with Crippen LogP contribution in [0.4, 0.5) is 5.69 Å². The highest BCUT2D eigenvalue weighted by molar-refractivity contribution is 7.89. The number of halogens is 1. The number of amides is 1. The molecule has 7 nitrogen and oxygen atoms in total. The Balaban J connectivity index is 1.46. The summed E-state index contributed by atoms with van der Waals surface area (Å²) in [6.45, 7) is 1.52. The lowest BCUT2D eigenvalue weighted by Crippen LogP contribution is -2.40. The van der Waals surface area contributed by atoms with E-state index in [1.165, 1.54) is 33.6 Å². The van der Waals surface area contributed by atoms with Gasteiger partial charge in [-0.05, 0) is 55.6 Å². The summed E-state index contributed by atoms with van der Waals surface area (Å²) in [6, 6.07) is 12.9. The van der Waals surface area contributed by atoms with E-state index in [9.17, 15) is 13.2 Å². The second kappa shape index (κ2) is 9.89. The molecule has 2 aromatic rings. The van der Waals surface area contributed by atoms with E-state index in [0.29, 0.717) is 37.0 Å². The minimum absolute atomic E-state index is 0.105. The predicted molar refractivity (Wildman–Crippen MR) is 124 cm³/mol. The summed E-state index contributed by atoms with van der Waals surface area (Å²) < 4.78 is 32.5. The first-order valence-electron chi connectivity index (χ1n) is 10.8. The number of carbonyl (C=O) groups excluding carboxylic acids is 1. The fourth-order valence-corrected chi connectivity index (χ4v) is 6.01. The van der Waals surface area contributed by atoms with Gasteiger partial charge in [0.1, 0.15) is 0 Å². The number of anilines is 1. The number of sulfonamides is 1. The second-order valence-electron chi connectivity index (χ2n) is 8.23. The van der Waals surface area contributed by atoms with Crippen LogP contribution in [0.2, 0.25) is 5.02 Å². The van der Waals surface area contributed by atoms with E-state index in [4.69, 9.17) is 16.3 Å². The summed E-state index contributed by atoms with van der Waals surface area (Å²) in [6.07, 6.45) is 3.14. The average Bonchev–Trinajstić information content (AvgIpc) is 2.80. The van der Waals surface area contributed by atoms with Crippen LogP contribution in [0.15, 0.2) is 47.4 Å². The molecular formula is C23H28ClN3O4S. The number of likely N-dealkylation sites (N-methyl/N-ethyl adjacent to an activating group) is 1. The molecule has 4 rings (SSSR count). The van der Waals surface area contributed by atoms with Crippen LogP contribution < -0.4 is 5.32 Å². The van der Waals surface area contributed by atoms with Crippen molar-refractivity contribution in [1.82, 2.24) is 9.21 Å². The molecule has 2 aliphatic rings. The topological polar surface area (TPSA) is 79.0 Å². The molecule has 2 aromatic carbocycles. The Morgan fingerprint density at radius 2 is 1.97 bits per heavy atom. The monoisotopic (exact) mass is 477 g/mol. The number of morpholine rings is 1. The molecule has 0 radical (unpaired) electrons. The maximum atomic E-state index is 12.9. The third-order valence-corrected chi connectivity index (χ3v) is 8.31. The van der Waals surface area contributed by atoms with Crippen molar-refractivity contribution in [1.29, 1.82) is 0 Å². The molecule has 0 saturated carbocycles. The molecule has 0 spiro atoms. The molecule has 0 unspecified atom stereocenters. The summed E-state index contributed by atoms with van der Waals surface area (Å²) in [7, 11) is -1.74. The van der Waals surface area contributed by atoms with Gasteiger partial charge in [-0.3, -0.25) is 9.69 Å². The van der Waals surface area contributed by atoms with E-state index in [0.717, 1.165) is 19.3 Å². The summed E-state index contributed by atoms with van der Waals surface area (Å²) in [4.78, 5) is 14.9. The van der Waals surface area contributed by atoms with E-state index in [2.05, 4.69) is 17.4 Å². The van der Waals surface area contributed by atoms with Crippen molar-refractivity contribution in [2.24, 2.45) is 0 Å². The zero-order chi connectivity index (χ0) is 22.7. The predicted octanol–water partition coefficient (Wildman–Crippen LogP) is 3.31. The second-order valence-corrected chi connectivity index (χ2v) is 10.6. The first-order valence-corrected chi connectivity index (χ1v) is 12.6. The Kier molecular flexibility index (Phi) is 7.17. The van der Waals surface area contributed by atoms with Crippen LogP contribution in [0.3, 0.4) is 0 Å². The zero-order valence-corrected chi connectivity index (χ0v) is 19.7. The van der Waals surface area contributed by atoms with Crippen molar-refractivity contribution in [3.63, 3.8) is 0 Å². The van der Waals surface area contributed by atoms with Gasteiger partial charge < -0.3 is 10.1 Å². The van der Waals surface area contributed by atoms with Crippen LogP contribution in [0.1, 0.15) is 30.0 Å². The molecule has 0 aromatic heterocycles. The fourth-order valence-electron chi connectivity index (χ4n) is 4.41. The molecule has 0 bridgehead atoms. The first-order chi connectivity index (χ1) is 15.4. The lowest BCUT2D eigenvalue weighted by molar-refractivity contribution is -0.117. The minimum atomic E-state index is -3.68. The third-order valence-electron chi connectivity index (χ3n) is 6.08. The van der Waals surface area contributed by atoms with E-state index >= 15 is 0 Å². The average molecular weight is 478 g/mol. The SMILES string of the molecule is CN(CC(=O)Nc1cc(S(=O)(=O)N2CCOCC2)ccc1Cl)[C@H]1CCCc2ccccc21. The van der Waals surface area contributed by atoms with Crippen molar-refractivity contribution in [2.45, 2.75) is 30.2 Å². The van der Waals surface area contributed by atoms with Crippen LogP contribution in [-0.4, -0.2) is 63.4 Å². The van der Waals surface area contributed by atoms with E-state index in [1.54, 1.807) is 0 Å². The molecule has 1 N–H and O–H groups in total.